The molecule has 1 aromatic heterocycles. The second-order valence-electron chi connectivity index (χ2n) is 7.92. The van der Waals surface area contributed by atoms with Gasteiger partial charge < -0.3 is 20.9 Å². The van der Waals surface area contributed by atoms with Crippen LogP contribution in [0.3, 0.4) is 0 Å². The molecular weight excluding hydrogens is 386 g/mol. The third-order valence-corrected chi connectivity index (χ3v) is 5.81. The molecule has 160 valence electrons. The first-order valence-electron chi connectivity index (χ1n) is 10.8. The number of carbonyl (C=O) groups is 1. The van der Waals surface area contributed by atoms with Gasteiger partial charge in [-0.2, -0.15) is 0 Å². The molecule has 31 heavy (non-hydrogen) atoms. The molecule has 2 heterocycles. The summed E-state index contributed by atoms with van der Waals surface area (Å²) in [5.74, 6) is 1.30. The van der Waals surface area contributed by atoms with Crippen LogP contribution in [0.15, 0.2) is 72.9 Å². The molecule has 1 amide bonds. The van der Waals surface area contributed by atoms with E-state index in [-0.39, 0.29) is 5.91 Å². The van der Waals surface area contributed by atoms with Gasteiger partial charge in [-0.3, -0.25) is 4.79 Å². The number of aromatic nitrogens is 1. The summed E-state index contributed by atoms with van der Waals surface area (Å²) in [5.41, 5.74) is 8.85. The van der Waals surface area contributed by atoms with Gasteiger partial charge in [0.1, 0.15) is 5.82 Å². The van der Waals surface area contributed by atoms with Crippen molar-refractivity contribution in [1.82, 2.24) is 4.98 Å². The Bertz CT molecular complexity index is 1010. The molecule has 1 aliphatic heterocycles. The quantitative estimate of drug-likeness (QED) is 0.564. The molecule has 3 N–H and O–H groups in total. The zero-order chi connectivity index (χ0) is 21.6. The molecule has 0 spiro atoms. The maximum absolute atomic E-state index is 12.5. The van der Waals surface area contributed by atoms with E-state index >= 15 is 0 Å². The van der Waals surface area contributed by atoms with Gasteiger partial charge in [0.15, 0.2) is 0 Å². The van der Waals surface area contributed by atoms with Crippen LogP contribution in [0.1, 0.15) is 23.7 Å². The smallest absolute Gasteiger partial charge is 0.257 e. The number of para-hydroxylation sites is 3. The predicted molar refractivity (Wildman–Crippen MR) is 128 cm³/mol. The summed E-state index contributed by atoms with van der Waals surface area (Å²) in [4.78, 5) is 21.8. The standard InChI is InChI=1S/C25H29N5O/c1-2-29(21-8-4-3-5-9-21)17-19-14-15-30(18-19)24-13-12-20(16-27-24)25(31)28-23-11-7-6-10-22(23)26/h3-13,16,19H,2,14-15,17-18,26H2,1H3,(H,28,31). The van der Waals surface area contributed by atoms with Gasteiger partial charge in [0.2, 0.25) is 0 Å². The number of nitrogens with one attached hydrogen (secondary N) is 1. The van der Waals surface area contributed by atoms with Gasteiger partial charge in [0.25, 0.3) is 5.91 Å². The zero-order valence-corrected chi connectivity index (χ0v) is 17.9. The summed E-state index contributed by atoms with van der Waals surface area (Å²) < 4.78 is 0. The Labute approximate surface area is 183 Å². The summed E-state index contributed by atoms with van der Waals surface area (Å²) in [7, 11) is 0. The van der Waals surface area contributed by atoms with Crippen LogP contribution in [0, 0.1) is 5.92 Å². The highest BCUT2D eigenvalue weighted by atomic mass is 16.1. The van der Waals surface area contributed by atoms with Crippen LogP contribution in [-0.2, 0) is 0 Å². The van der Waals surface area contributed by atoms with Crippen molar-refractivity contribution in [2.24, 2.45) is 5.92 Å². The van der Waals surface area contributed by atoms with E-state index in [0.717, 1.165) is 38.4 Å². The minimum atomic E-state index is -0.210. The van der Waals surface area contributed by atoms with Gasteiger partial charge >= 0.3 is 0 Å². The van der Waals surface area contributed by atoms with Gasteiger partial charge in [-0.15, -0.1) is 0 Å². The number of nitrogens with zero attached hydrogens (tertiary/aromatic N) is 3. The van der Waals surface area contributed by atoms with E-state index in [1.165, 1.54) is 5.69 Å². The van der Waals surface area contributed by atoms with Crippen LogP contribution < -0.4 is 20.9 Å². The van der Waals surface area contributed by atoms with Gasteiger partial charge in [-0.05, 0) is 55.7 Å². The second kappa shape index (κ2) is 9.51. The summed E-state index contributed by atoms with van der Waals surface area (Å²) in [6.07, 6.45) is 2.78. The molecular formula is C25H29N5O. The first-order chi connectivity index (χ1) is 15.1. The van der Waals surface area contributed by atoms with Gasteiger partial charge in [0.05, 0.1) is 16.9 Å². The Morgan fingerprint density at radius 1 is 1.13 bits per heavy atom. The highest BCUT2D eigenvalue weighted by Crippen LogP contribution is 2.25. The van der Waals surface area contributed by atoms with Gasteiger partial charge in [-0.25, -0.2) is 4.98 Å². The maximum atomic E-state index is 12.5. The number of anilines is 4. The molecule has 6 heteroatoms. The summed E-state index contributed by atoms with van der Waals surface area (Å²) in [6.45, 7) is 6.19. The number of nitrogen functional groups attached to an aromatic ring is 1. The van der Waals surface area contributed by atoms with Crippen LogP contribution in [0.4, 0.5) is 22.9 Å². The minimum absolute atomic E-state index is 0.210. The first-order valence-corrected chi connectivity index (χ1v) is 10.8. The van der Waals surface area contributed by atoms with E-state index in [1.54, 1.807) is 18.3 Å². The number of pyridine rings is 1. The lowest BCUT2D eigenvalue weighted by Crippen LogP contribution is -2.31. The largest absolute Gasteiger partial charge is 0.397 e. The third kappa shape index (κ3) is 4.97. The lowest BCUT2D eigenvalue weighted by Gasteiger charge is -2.26. The number of hydrogen-bond acceptors (Lipinski definition) is 5. The number of benzene rings is 2. The van der Waals surface area contributed by atoms with E-state index in [0.29, 0.717) is 22.9 Å². The third-order valence-electron chi connectivity index (χ3n) is 5.81. The molecule has 1 fully saturated rings. The molecule has 6 nitrogen and oxygen atoms in total. The van der Waals surface area contributed by atoms with E-state index < -0.39 is 0 Å². The van der Waals surface area contributed by atoms with E-state index in [2.05, 4.69) is 57.4 Å². The van der Waals surface area contributed by atoms with Crippen molar-refractivity contribution < 1.29 is 4.79 Å². The maximum Gasteiger partial charge on any atom is 0.257 e. The van der Waals surface area contributed by atoms with Crippen molar-refractivity contribution in [1.29, 1.82) is 0 Å². The Hall–Kier alpha value is -3.54. The fourth-order valence-electron chi connectivity index (χ4n) is 4.07. The summed E-state index contributed by atoms with van der Waals surface area (Å²) in [6, 6.07) is 21.6. The second-order valence-corrected chi connectivity index (χ2v) is 7.92. The monoisotopic (exact) mass is 415 g/mol. The fraction of sp³-hybridized carbons (Fsp3) is 0.280. The van der Waals surface area contributed by atoms with Crippen molar-refractivity contribution in [2.75, 3.05) is 47.0 Å². The molecule has 1 unspecified atom stereocenters. The normalized spacial score (nSPS) is 15.6. The van der Waals surface area contributed by atoms with Crippen molar-refractivity contribution in [2.45, 2.75) is 13.3 Å². The fourth-order valence-corrected chi connectivity index (χ4v) is 4.07. The molecule has 2 aromatic carbocycles. The van der Waals surface area contributed by atoms with E-state index in [4.69, 9.17) is 5.73 Å². The van der Waals surface area contributed by atoms with Gasteiger partial charge in [-0.1, -0.05) is 30.3 Å². The van der Waals surface area contributed by atoms with E-state index in [1.807, 2.05) is 24.3 Å². The Morgan fingerprint density at radius 3 is 2.61 bits per heavy atom. The Kier molecular flexibility index (Phi) is 6.36. The zero-order valence-electron chi connectivity index (χ0n) is 17.9. The Balaban J connectivity index is 1.35. The number of carbonyl (C=O) groups excluding carboxylic acids is 1. The predicted octanol–water partition coefficient (Wildman–Crippen LogP) is 4.27. The lowest BCUT2D eigenvalue weighted by molar-refractivity contribution is 0.102. The molecule has 0 radical (unpaired) electrons. The molecule has 0 bridgehead atoms. The van der Waals surface area contributed by atoms with Crippen LogP contribution in [-0.4, -0.2) is 37.1 Å². The number of rotatable bonds is 7. The SMILES string of the molecule is CCN(CC1CCN(c2ccc(C(=O)Nc3ccccc3N)cn2)C1)c1ccccc1. The molecule has 4 rings (SSSR count). The molecule has 3 aromatic rings. The van der Waals surface area contributed by atoms with Crippen LogP contribution >= 0.6 is 0 Å². The van der Waals surface area contributed by atoms with Crippen LogP contribution in [0.5, 0.6) is 0 Å². The molecule has 1 atom stereocenters. The lowest BCUT2D eigenvalue weighted by atomic mass is 10.1. The molecule has 1 aliphatic rings. The van der Waals surface area contributed by atoms with Crippen LogP contribution in [0.2, 0.25) is 0 Å². The van der Waals surface area contributed by atoms with Crippen LogP contribution in [0.25, 0.3) is 0 Å². The number of hydrogen-bond donors (Lipinski definition) is 2. The minimum Gasteiger partial charge on any atom is -0.397 e. The van der Waals surface area contributed by atoms with E-state index in [9.17, 15) is 4.79 Å². The highest BCUT2D eigenvalue weighted by Gasteiger charge is 2.25. The van der Waals surface area contributed by atoms with Crippen molar-refractivity contribution >= 4 is 28.8 Å². The molecule has 0 aliphatic carbocycles. The molecule has 1 saturated heterocycles. The number of amides is 1. The topological polar surface area (TPSA) is 74.5 Å². The van der Waals surface area contributed by atoms with Crippen molar-refractivity contribution in [3.05, 3.63) is 78.5 Å². The van der Waals surface area contributed by atoms with Crippen molar-refractivity contribution in [3.63, 3.8) is 0 Å². The summed E-state index contributed by atoms with van der Waals surface area (Å²) >= 11 is 0. The van der Waals surface area contributed by atoms with Gasteiger partial charge in [0, 0.05) is 38.1 Å². The average Bonchev–Trinajstić information content (AvgIpc) is 3.28. The molecule has 0 saturated carbocycles. The first kappa shape index (κ1) is 20.7. The average molecular weight is 416 g/mol. The highest BCUT2D eigenvalue weighted by molar-refractivity contribution is 6.05. The number of nitrogens with two attached hydrogens (primary N) is 1. The summed E-state index contributed by atoms with van der Waals surface area (Å²) in [5, 5.41) is 2.84. The van der Waals surface area contributed by atoms with Crippen molar-refractivity contribution in [3.8, 4) is 0 Å². The Morgan fingerprint density at radius 2 is 1.90 bits per heavy atom.